The van der Waals surface area contributed by atoms with Crippen LogP contribution in [0, 0.1) is 6.92 Å². The van der Waals surface area contributed by atoms with Crippen LogP contribution in [0.1, 0.15) is 36.5 Å². The summed E-state index contributed by atoms with van der Waals surface area (Å²) in [7, 11) is 0. The van der Waals surface area contributed by atoms with Crippen LogP contribution in [0.5, 0.6) is 0 Å². The summed E-state index contributed by atoms with van der Waals surface area (Å²) < 4.78 is 0. The third-order valence-corrected chi connectivity index (χ3v) is 2.45. The molecule has 0 aliphatic heterocycles. The van der Waals surface area contributed by atoms with Crippen LogP contribution < -0.4 is 5.73 Å². The summed E-state index contributed by atoms with van der Waals surface area (Å²) >= 11 is 0. The van der Waals surface area contributed by atoms with Gasteiger partial charge in [-0.15, -0.1) is 0 Å². The lowest BCUT2D eigenvalue weighted by molar-refractivity contribution is 0.793. The molecule has 0 aliphatic rings. The van der Waals surface area contributed by atoms with Crippen molar-refractivity contribution in [3.8, 4) is 0 Å². The van der Waals surface area contributed by atoms with Crippen molar-refractivity contribution in [1.29, 1.82) is 0 Å². The SMILES string of the molecule is CCCCc1ccc(CN)c(C)c1. The fourth-order valence-electron chi connectivity index (χ4n) is 1.52. The first kappa shape index (κ1) is 10.3. The summed E-state index contributed by atoms with van der Waals surface area (Å²) in [5.74, 6) is 0. The van der Waals surface area contributed by atoms with Crippen LogP contribution in [-0.4, -0.2) is 0 Å². The molecule has 1 aromatic carbocycles. The van der Waals surface area contributed by atoms with Gasteiger partial charge in [0.25, 0.3) is 0 Å². The van der Waals surface area contributed by atoms with Gasteiger partial charge in [-0.1, -0.05) is 31.5 Å². The van der Waals surface area contributed by atoms with Crippen molar-refractivity contribution >= 4 is 0 Å². The zero-order chi connectivity index (χ0) is 9.68. The average Bonchev–Trinajstić information content (AvgIpc) is 2.15. The molecule has 0 aromatic heterocycles. The number of benzene rings is 1. The Bertz CT molecular complexity index is 266. The van der Waals surface area contributed by atoms with E-state index in [9.17, 15) is 0 Å². The van der Waals surface area contributed by atoms with Crippen molar-refractivity contribution in [1.82, 2.24) is 0 Å². The lowest BCUT2D eigenvalue weighted by atomic mass is 10.0. The molecular formula is C12H19N. The summed E-state index contributed by atoms with van der Waals surface area (Å²) in [6, 6.07) is 6.61. The van der Waals surface area contributed by atoms with Crippen molar-refractivity contribution in [3.63, 3.8) is 0 Å². The average molecular weight is 177 g/mol. The minimum Gasteiger partial charge on any atom is -0.326 e. The van der Waals surface area contributed by atoms with E-state index in [4.69, 9.17) is 5.73 Å². The third-order valence-electron chi connectivity index (χ3n) is 2.45. The largest absolute Gasteiger partial charge is 0.326 e. The van der Waals surface area contributed by atoms with Crippen LogP contribution >= 0.6 is 0 Å². The molecule has 1 aromatic rings. The van der Waals surface area contributed by atoms with E-state index in [0.717, 1.165) is 0 Å². The summed E-state index contributed by atoms with van der Waals surface area (Å²) in [5.41, 5.74) is 9.64. The number of hydrogen-bond donors (Lipinski definition) is 1. The molecule has 0 radical (unpaired) electrons. The molecule has 0 saturated carbocycles. The normalized spacial score (nSPS) is 10.4. The number of hydrogen-bond acceptors (Lipinski definition) is 1. The van der Waals surface area contributed by atoms with E-state index in [0.29, 0.717) is 6.54 Å². The molecule has 72 valence electrons. The van der Waals surface area contributed by atoms with Gasteiger partial charge >= 0.3 is 0 Å². The van der Waals surface area contributed by atoms with Gasteiger partial charge in [-0.25, -0.2) is 0 Å². The highest BCUT2D eigenvalue weighted by Gasteiger charge is 1.97. The van der Waals surface area contributed by atoms with Gasteiger partial charge < -0.3 is 5.73 Å². The molecule has 13 heavy (non-hydrogen) atoms. The Morgan fingerprint density at radius 1 is 1.31 bits per heavy atom. The smallest absolute Gasteiger partial charge is 0.0180 e. The first-order chi connectivity index (χ1) is 6.27. The second-order valence-corrected chi connectivity index (χ2v) is 3.57. The van der Waals surface area contributed by atoms with Crippen molar-refractivity contribution in [2.24, 2.45) is 5.73 Å². The topological polar surface area (TPSA) is 26.0 Å². The Morgan fingerprint density at radius 3 is 2.62 bits per heavy atom. The summed E-state index contributed by atoms with van der Waals surface area (Å²) in [6.07, 6.45) is 3.74. The highest BCUT2D eigenvalue weighted by atomic mass is 14.5. The van der Waals surface area contributed by atoms with E-state index >= 15 is 0 Å². The number of nitrogens with two attached hydrogens (primary N) is 1. The van der Waals surface area contributed by atoms with E-state index < -0.39 is 0 Å². The van der Waals surface area contributed by atoms with Crippen LogP contribution in [0.2, 0.25) is 0 Å². The minimum atomic E-state index is 0.653. The molecule has 1 heteroatoms. The molecule has 0 aliphatic carbocycles. The van der Waals surface area contributed by atoms with Crippen molar-refractivity contribution < 1.29 is 0 Å². The van der Waals surface area contributed by atoms with E-state index in [1.54, 1.807) is 0 Å². The molecule has 0 fully saturated rings. The van der Waals surface area contributed by atoms with Gasteiger partial charge in [-0.2, -0.15) is 0 Å². The second-order valence-electron chi connectivity index (χ2n) is 3.57. The fraction of sp³-hybridized carbons (Fsp3) is 0.500. The Balaban J connectivity index is 2.71. The van der Waals surface area contributed by atoms with Crippen molar-refractivity contribution in [3.05, 3.63) is 34.9 Å². The van der Waals surface area contributed by atoms with E-state index in [-0.39, 0.29) is 0 Å². The van der Waals surface area contributed by atoms with Gasteiger partial charge in [0.2, 0.25) is 0 Å². The Kier molecular flexibility index (Phi) is 3.97. The summed E-state index contributed by atoms with van der Waals surface area (Å²) in [6.45, 7) is 5.01. The highest BCUT2D eigenvalue weighted by molar-refractivity contribution is 5.30. The Morgan fingerprint density at radius 2 is 2.08 bits per heavy atom. The molecule has 2 N–H and O–H groups in total. The van der Waals surface area contributed by atoms with Crippen LogP contribution in [0.15, 0.2) is 18.2 Å². The predicted octanol–water partition coefficient (Wildman–Crippen LogP) is 2.80. The first-order valence-electron chi connectivity index (χ1n) is 5.06. The van der Waals surface area contributed by atoms with Gasteiger partial charge in [-0.3, -0.25) is 0 Å². The van der Waals surface area contributed by atoms with E-state index in [1.165, 1.54) is 36.0 Å². The van der Waals surface area contributed by atoms with Crippen LogP contribution in [0.25, 0.3) is 0 Å². The maximum Gasteiger partial charge on any atom is 0.0180 e. The van der Waals surface area contributed by atoms with Crippen LogP contribution in [0.4, 0.5) is 0 Å². The number of rotatable bonds is 4. The molecule has 1 rings (SSSR count). The molecule has 0 saturated heterocycles. The number of aryl methyl sites for hydroxylation is 2. The molecular weight excluding hydrogens is 158 g/mol. The quantitative estimate of drug-likeness (QED) is 0.752. The highest BCUT2D eigenvalue weighted by Crippen LogP contribution is 2.12. The fourth-order valence-corrected chi connectivity index (χ4v) is 1.52. The zero-order valence-electron chi connectivity index (χ0n) is 8.64. The van der Waals surface area contributed by atoms with Gasteiger partial charge in [0, 0.05) is 6.54 Å². The summed E-state index contributed by atoms with van der Waals surface area (Å²) in [4.78, 5) is 0. The van der Waals surface area contributed by atoms with Gasteiger partial charge in [0.05, 0.1) is 0 Å². The first-order valence-corrected chi connectivity index (χ1v) is 5.06. The van der Waals surface area contributed by atoms with E-state index in [2.05, 4.69) is 32.0 Å². The maximum atomic E-state index is 5.60. The number of unbranched alkanes of at least 4 members (excludes halogenated alkanes) is 1. The van der Waals surface area contributed by atoms with Gasteiger partial charge in [-0.05, 0) is 36.5 Å². The van der Waals surface area contributed by atoms with Crippen LogP contribution in [-0.2, 0) is 13.0 Å². The van der Waals surface area contributed by atoms with Crippen molar-refractivity contribution in [2.75, 3.05) is 0 Å². The molecule has 0 bridgehead atoms. The van der Waals surface area contributed by atoms with Gasteiger partial charge in [0.15, 0.2) is 0 Å². The maximum absolute atomic E-state index is 5.60. The molecule has 0 amide bonds. The zero-order valence-corrected chi connectivity index (χ0v) is 8.64. The Hall–Kier alpha value is -0.820. The summed E-state index contributed by atoms with van der Waals surface area (Å²) in [5, 5.41) is 0. The minimum absolute atomic E-state index is 0.653. The molecule has 1 nitrogen and oxygen atoms in total. The van der Waals surface area contributed by atoms with E-state index in [1.807, 2.05) is 0 Å². The molecule has 0 unspecified atom stereocenters. The molecule has 0 heterocycles. The monoisotopic (exact) mass is 177 g/mol. The lowest BCUT2D eigenvalue weighted by Crippen LogP contribution is -1.99. The Labute approximate surface area is 81.0 Å². The van der Waals surface area contributed by atoms with Crippen molar-refractivity contribution in [2.45, 2.75) is 39.7 Å². The lowest BCUT2D eigenvalue weighted by Gasteiger charge is -2.05. The molecule has 0 atom stereocenters. The van der Waals surface area contributed by atoms with Gasteiger partial charge in [0.1, 0.15) is 0 Å². The third kappa shape index (κ3) is 2.85. The standard InChI is InChI=1S/C12H19N/c1-3-4-5-11-6-7-12(9-13)10(2)8-11/h6-8H,3-5,9,13H2,1-2H3. The second kappa shape index (κ2) is 5.03. The predicted molar refractivity (Wildman–Crippen MR) is 57.7 cm³/mol. The van der Waals surface area contributed by atoms with Crippen LogP contribution in [0.3, 0.4) is 0 Å². The molecule has 0 spiro atoms.